The van der Waals surface area contributed by atoms with Gasteiger partial charge in [0.1, 0.15) is 11.6 Å². The van der Waals surface area contributed by atoms with E-state index in [4.69, 9.17) is 11.6 Å². The first-order valence-corrected chi connectivity index (χ1v) is 6.76. The van der Waals surface area contributed by atoms with Crippen LogP contribution >= 0.6 is 11.6 Å². The summed E-state index contributed by atoms with van der Waals surface area (Å²) in [6, 6.07) is 4.73. The summed E-state index contributed by atoms with van der Waals surface area (Å²) in [5, 5.41) is 0. The maximum absolute atomic E-state index is 13.4. The molecule has 0 saturated heterocycles. The van der Waals surface area contributed by atoms with Crippen LogP contribution in [0.2, 0.25) is 0 Å². The van der Waals surface area contributed by atoms with Gasteiger partial charge in [-0.25, -0.2) is 9.37 Å². The van der Waals surface area contributed by atoms with E-state index in [-0.39, 0.29) is 11.4 Å². The van der Waals surface area contributed by atoms with E-state index in [1.165, 1.54) is 6.07 Å². The molecular formula is C14H18ClFN2. The van der Waals surface area contributed by atoms with Crippen LogP contribution in [0.5, 0.6) is 0 Å². The van der Waals surface area contributed by atoms with Crippen LogP contribution in [-0.4, -0.2) is 15.4 Å². The van der Waals surface area contributed by atoms with E-state index >= 15 is 0 Å². The fourth-order valence-corrected chi connectivity index (χ4v) is 2.35. The Balaban J connectivity index is 2.72. The van der Waals surface area contributed by atoms with Crippen molar-refractivity contribution in [2.75, 3.05) is 5.88 Å². The number of aryl methyl sites for hydroxylation is 1. The van der Waals surface area contributed by atoms with Gasteiger partial charge in [0.2, 0.25) is 0 Å². The van der Waals surface area contributed by atoms with Crippen molar-refractivity contribution in [2.24, 2.45) is 0 Å². The quantitative estimate of drug-likeness (QED) is 0.764. The molecule has 0 aliphatic carbocycles. The molecule has 2 rings (SSSR count). The predicted octanol–water partition coefficient (Wildman–Crippen LogP) is 4.10. The van der Waals surface area contributed by atoms with Crippen molar-refractivity contribution in [3.63, 3.8) is 0 Å². The maximum atomic E-state index is 13.4. The number of fused-ring (bicyclic) bond motifs is 1. The van der Waals surface area contributed by atoms with Gasteiger partial charge in [-0.2, -0.15) is 0 Å². The summed E-state index contributed by atoms with van der Waals surface area (Å²) in [7, 11) is 0. The zero-order valence-corrected chi connectivity index (χ0v) is 11.8. The highest BCUT2D eigenvalue weighted by molar-refractivity contribution is 6.17. The number of halogens is 2. The Hall–Kier alpha value is -1.09. The molecule has 1 heterocycles. The third kappa shape index (κ3) is 2.24. The highest BCUT2D eigenvalue weighted by Gasteiger charge is 2.24. The summed E-state index contributed by atoms with van der Waals surface area (Å²) in [6.07, 6.45) is 1.64. The summed E-state index contributed by atoms with van der Waals surface area (Å²) < 4.78 is 15.6. The summed E-state index contributed by atoms with van der Waals surface area (Å²) >= 11 is 5.83. The number of imidazole rings is 1. The number of hydrogen-bond acceptors (Lipinski definition) is 1. The minimum atomic E-state index is -0.229. The van der Waals surface area contributed by atoms with Gasteiger partial charge in [-0.1, -0.05) is 6.92 Å². The average Bonchev–Trinajstić information content (AvgIpc) is 2.67. The molecule has 0 unspecified atom stereocenters. The smallest absolute Gasteiger partial charge is 0.125 e. The van der Waals surface area contributed by atoms with Gasteiger partial charge in [0.15, 0.2) is 0 Å². The molecule has 4 heteroatoms. The highest BCUT2D eigenvalue weighted by atomic mass is 35.5. The van der Waals surface area contributed by atoms with Gasteiger partial charge in [0.05, 0.1) is 11.0 Å². The van der Waals surface area contributed by atoms with Crippen LogP contribution < -0.4 is 0 Å². The van der Waals surface area contributed by atoms with Crippen LogP contribution in [0.4, 0.5) is 4.39 Å². The minimum Gasteiger partial charge on any atom is -0.322 e. The van der Waals surface area contributed by atoms with Crippen LogP contribution in [0.25, 0.3) is 11.0 Å². The molecule has 0 aliphatic heterocycles. The molecule has 1 aromatic carbocycles. The highest BCUT2D eigenvalue weighted by Crippen LogP contribution is 2.28. The Bertz CT molecular complexity index is 560. The van der Waals surface area contributed by atoms with Crippen LogP contribution in [-0.2, 0) is 12.0 Å². The van der Waals surface area contributed by atoms with Crippen LogP contribution in [0, 0.1) is 5.82 Å². The van der Waals surface area contributed by atoms with E-state index < -0.39 is 0 Å². The summed E-state index contributed by atoms with van der Waals surface area (Å²) in [5.74, 6) is 1.22. The van der Waals surface area contributed by atoms with E-state index in [9.17, 15) is 4.39 Å². The largest absolute Gasteiger partial charge is 0.322 e. The van der Waals surface area contributed by atoms with Crippen molar-refractivity contribution >= 4 is 22.6 Å². The second-order valence-electron chi connectivity index (χ2n) is 5.10. The molecule has 98 valence electrons. The Morgan fingerprint density at radius 2 is 2.11 bits per heavy atom. The second-order valence-corrected chi connectivity index (χ2v) is 5.48. The van der Waals surface area contributed by atoms with Crippen LogP contribution in [0.15, 0.2) is 18.2 Å². The Labute approximate surface area is 112 Å². The number of alkyl halides is 1. The number of nitrogens with zero attached hydrogens (tertiary/aromatic N) is 2. The van der Waals surface area contributed by atoms with E-state index in [2.05, 4.69) is 30.3 Å². The van der Waals surface area contributed by atoms with Gasteiger partial charge >= 0.3 is 0 Å². The molecule has 0 atom stereocenters. The first-order valence-electron chi connectivity index (χ1n) is 6.23. The van der Waals surface area contributed by atoms with Gasteiger partial charge in [-0.05, 0) is 38.5 Å². The normalized spacial score (nSPS) is 12.3. The topological polar surface area (TPSA) is 17.8 Å². The molecule has 2 nitrogen and oxygen atoms in total. The Morgan fingerprint density at radius 3 is 2.72 bits per heavy atom. The summed E-state index contributed by atoms with van der Waals surface area (Å²) in [5.41, 5.74) is 1.59. The third-order valence-corrected chi connectivity index (χ3v) is 3.66. The van der Waals surface area contributed by atoms with E-state index in [1.807, 2.05) is 0 Å². The number of rotatable bonds is 4. The predicted molar refractivity (Wildman–Crippen MR) is 73.7 cm³/mol. The lowest BCUT2D eigenvalue weighted by Gasteiger charge is -2.28. The molecular weight excluding hydrogens is 251 g/mol. The molecule has 0 aliphatic rings. The van der Waals surface area contributed by atoms with E-state index in [1.54, 1.807) is 12.1 Å². The Kier molecular flexibility index (Phi) is 3.62. The molecule has 0 N–H and O–H groups in total. The van der Waals surface area contributed by atoms with Gasteiger partial charge in [-0.15, -0.1) is 11.6 Å². The van der Waals surface area contributed by atoms with Gasteiger partial charge in [0, 0.05) is 17.8 Å². The zero-order valence-electron chi connectivity index (χ0n) is 11.0. The van der Waals surface area contributed by atoms with Crippen molar-refractivity contribution in [1.82, 2.24) is 9.55 Å². The van der Waals surface area contributed by atoms with Crippen molar-refractivity contribution in [2.45, 2.75) is 39.2 Å². The molecule has 0 spiro atoms. The molecule has 2 aromatic rings. The average molecular weight is 269 g/mol. The lowest BCUT2D eigenvalue weighted by molar-refractivity contribution is 0.342. The van der Waals surface area contributed by atoms with Gasteiger partial charge < -0.3 is 4.57 Å². The molecule has 0 amide bonds. The third-order valence-electron chi connectivity index (χ3n) is 3.47. The lowest BCUT2D eigenvalue weighted by Crippen LogP contribution is -2.27. The van der Waals surface area contributed by atoms with Crippen molar-refractivity contribution in [3.8, 4) is 0 Å². The van der Waals surface area contributed by atoms with Crippen LogP contribution in [0.1, 0.15) is 33.0 Å². The van der Waals surface area contributed by atoms with E-state index in [0.717, 1.165) is 23.3 Å². The van der Waals surface area contributed by atoms with Gasteiger partial charge in [-0.3, -0.25) is 0 Å². The van der Waals surface area contributed by atoms with Crippen LogP contribution in [0.3, 0.4) is 0 Å². The lowest BCUT2D eigenvalue weighted by atomic mass is 10.0. The molecule has 0 radical (unpaired) electrons. The number of aromatic nitrogens is 2. The fraction of sp³-hybridized carbons (Fsp3) is 0.500. The maximum Gasteiger partial charge on any atom is 0.125 e. The SMILES string of the molecule is CCC(C)(C)n1c(CCCl)nc2ccc(F)cc21. The van der Waals surface area contributed by atoms with Crippen molar-refractivity contribution < 1.29 is 4.39 Å². The first-order chi connectivity index (χ1) is 8.49. The first kappa shape index (κ1) is 13.3. The second kappa shape index (κ2) is 4.88. The van der Waals surface area contributed by atoms with Crippen molar-refractivity contribution in [3.05, 3.63) is 29.8 Å². The van der Waals surface area contributed by atoms with Crippen molar-refractivity contribution in [1.29, 1.82) is 0 Å². The molecule has 1 aromatic heterocycles. The van der Waals surface area contributed by atoms with Gasteiger partial charge in [0.25, 0.3) is 0 Å². The van der Waals surface area contributed by atoms with E-state index in [0.29, 0.717) is 12.3 Å². The minimum absolute atomic E-state index is 0.0933. The summed E-state index contributed by atoms with van der Waals surface area (Å²) in [6.45, 7) is 6.39. The molecule has 0 saturated carbocycles. The molecule has 0 fully saturated rings. The number of hydrogen-bond donors (Lipinski definition) is 0. The zero-order chi connectivity index (χ0) is 13.3. The molecule has 0 bridgehead atoms. The molecule has 18 heavy (non-hydrogen) atoms. The monoisotopic (exact) mass is 268 g/mol. The number of benzene rings is 1. The Morgan fingerprint density at radius 1 is 1.39 bits per heavy atom. The fourth-order valence-electron chi connectivity index (χ4n) is 2.18. The summed E-state index contributed by atoms with van der Waals surface area (Å²) in [4.78, 5) is 4.57. The standard InChI is InChI=1S/C14H18ClFN2/c1-4-14(2,3)18-12-9-10(16)5-6-11(12)17-13(18)7-8-15/h5-6,9H,4,7-8H2,1-3H3.